The van der Waals surface area contributed by atoms with E-state index < -0.39 is 0 Å². The first kappa shape index (κ1) is 11.6. The van der Waals surface area contributed by atoms with Gasteiger partial charge in [0.05, 0.1) is 5.69 Å². The predicted molar refractivity (Wildman–Crippen MR) is 64.7 cm³/mol. The number of nitrogens with one attached hydrogen (secondary N) is 1. The van der Waals surface area contributed by atoms with Gasteiger partial charge in [-0.1, -0.05) is 0 Å². The third kappa shape index (κ3) is 3.03. The van der Waals surface area contributed by atoms with E-state index in [2.05, 4.69) is 15.4 Å². The summed E-state index contributed by atoms with van der Waals surface area (Å²) in [6.45, 7) is 4.18. The number of aromatic nitrogens is 3. The van der Waals surface area contributed by atoms with E-state index in [0.717, 1.165) is 29.7 Å². The Hall–Kier alpha value is -1.91. The van der Waals surface area contributed by atoms with E-state index >= 15 is 0 Å². The molecule has 0 aliphatic rings. The molecule has 1 N–H and O–H groups in total. The Morgan fingerprint density at radius 3 is 3.12 bits per heavy atom. The molecule has 5 heteroatoms. The molecule has 0 saturated heterocycles. The van der Waals surface area contributed by atoms with E-state index in [0.29, 0.717) is 6.54 Å². The van der Waals surface area contributed by atoms with Crippen LogP contribution in [-0.4, -0.2) is 27.0 Å². The largest absolute Gasteiger partial charge is 0.356 e. The van der Waals surface area contributed by atoms with Gasteiger partial charge in [0.15, 0.2) is 5.65 Å². The van der Waals surface area contributed by atoms with E-state index in [1.54, 1.807) is 4.52 Å². The summed E-state index contributed by atoms with van der Waals surface area (Å²) in [5.74, 6) is 0.0151. The molecular weight excluding hydrogens is 216 g/mol. The normalized spacial score (nSPS) is 10.7. The van der Waals surface area contributed by atoms with Crippen molar-refractivity contribution in [2.45, 2.75) is 26.7 Å². The van der Waals surface area contributed by atoms with Crippen LogP contribution < -0.4 is 5.32 Å². The molecule has 0 saturated carbocycles. The minimum absolute atomic E-state index is 0.0151. The zero-order valence-corrected chi connectivity index (χ0v) is 10.1. The van der Waals surface area contributed by atoms with E-state index in [1.165, 1.54) is 6.92 Å². The molecule has 0 spiro atoms. The lowest BCUT2D eigenvalue weighted by Gasteiger charge is -2.02. The van der Waals surface area contributed by atoms with Crippen LogP contribution in [0.25, 0.3) is 5.65 Å². The minimum atomic E-state index is 0.0151. The molecule has 2 aromatic heterocycles. The van der Waals surface area contributed by atoms with Gasteiger partial charge in [0.25, 0.3) is 0 Å². The van der Waals surface area contributed by atoms with Crippen LogP contribution in [0.3, 0.4) is 0 Å². The summed E-state index contributed by atoms with van der Waals surface area (Å²) in [5, 5.41) is 7.09. The molecular formula is C12H16N4O. The number of carbonyl (C=O) groups is 1. The van der Waals surface area contributed by atoms with Gasteiger partial charge in [-0.25, -0.2) is 9.50 Å². The fraction of sp³-hybridized carbons (Fsp3) is 0.417. The minimum Gasteiger partial charge on any atom is -0.356 e. The van der Waals surface area contributed by atoms with E-state index in [4.69, 9.17) is 0 Å². The molecule has 90 valence electrons. The average molecular weight is 232 g/mol. The fourth-order valence-electron chi connectivity index (χ4n) is 1.72. The summed E-state index contributed by atoms with van der Waals surface area (Å²) in [6, 6.07) is 1.95. The van der Waals surface area contributed by atoms with Crippen molar-refractivity contribution in [1.29, 1.82) is 0 Å². The summed E-state index contributed by atoms with van der Waals surface area (Å²) in [5.41, 5.74) is 2.96. The Morgan fingerprint density at radius 1 is 1.53 bits per heavy atom. The average Bonchev–Trinajstić information content (AvgIpc) is 2.63. The zero-order chi connectivity index (χ0) is 12.3. The van der Waals surface area contributed by atoms with Crippen molar-refractivity contribution in [3.8, 4) is 0 Å². The van der Waals surface area contributed by atoms with Gasteiger partial charge in [-0.3, -0.25) is 4.79 Å². The Bertz CT molecular complexity index is 532. The first-order chi connectivity index (χ1) is 8.15. The molecule has 0 unspecified atom stereocenters. The van der Waals surface area contributed by atoms with E-state index in [9.17, 15) is 4.79 Å². The van der Waals surface area contributed by atoms with Crippen LogP contribution in [0, 0.1) is 6.92 Å². The van der Waals surface area contributed by atoms with Gasteiger partial charge in [-0.15, -0.1) is 0 Å². The standard InChI is InChI=1S/C12H16N4O/c1-9-6-12-14-7-11(8-16(12)15-9)4-3-5-13-10(2)17/h6-8H,3-5H2,1-2H3,(H,13,17). The first-order valence-electron chi connectivity index (χ1n) is 5.70. The highest BCUT2D eigenvalue weighted by molar-refractivity contribution is 5.72. The quantitative estimate of drug-likeness (QED) is 0.803. The highest BCUT2D eigenvalue weighted by Crippen LogP contribution is 2.06. The summed E-state index contributed by atoms with van der Waals surface area (Å²) >= 11 is 0. The Morgan fingerprint density at radius 2 is 2.35 bits per heavy atom. The molecule has 0 atom stereocenters. The van der Waals surface area contributed by atoms with Gasteiger partial charge in [-0.05, 0) is 25.3 Å². The third-order valence-corrected chi connectivity index (χ3v) is 2.51. The smallest absolute Gasteiger partial charge is 0.216 e. The van der Waals surface area contributed by atoms with Crippen LogP contribution in [0.5, 0.6) is 0 Å². The number of aryl methyl sites for hydroxylation is 2. The molecule has 2 rings (SSSR count). The number of carbonyl (C=O) groups excluding carboxylic acids is 1. The van der Waals surface area contributed by atoms with Crippen molar-refractivity contribution in [2.75, 3.05) is 6.54 Å². The van der Waals surface area contributed by atoms with Gasteiger partial charge in [0, 0.05) is 31.9 Å². The Balaban J connectivity index is 1.96. The van der Waals surface area contributed by atoms with Crippen molar-refractivity contribution >= 4 is 11.6 Å². The maximum absolute atomic E-state index is 10.7. The Labute approximate surface area is 99.9 Å². The number of fused-ring (bicyclic) bond motifs is 1. The van der Waals surface area contributed by atoms with Crippen LogP contribution >= 0.6 is 0 Å². The molecule has 0 radical (unpaired) electrons. The number of rotatable bonds is 4. The predicted octanol–water partition coefficient (Wildman–Crippen LogP) is 1.11. The zero-order valence-electron chi connectivity index (χ0n) is 10.1. The summed E-state index contributed by atoms with van der Waals surface area (Å²) in [7, 11) is 0. The number of hydrogen-bond donors (Lipinski definition) is 1. The van der Waals surface area contributed by atoms with Gasteiger partial charge in [-0.2, -0.15) is 5.10 Å². The van der Waals surface area contributed by atoms with Crippen LogP contribution in [-0.2, 0) is 11.2 Å². The lowest BCUT2D eigenvalue weighted by atomic mass is 10.2. The second-order valence-electron chi connectivity index (χ2n) is 4.14. The maximum atomic E-state index is 10.7. The van der Waals surface area contributed by atoms with Gasteiger partial charge in [0.2, 0.25) is 5.91 Å². The monoisotopic (exact) mass is 232 g/mol. The van der Waals surface area contributed by atoms with Crippen molar-refractivity contribution < 1.29 is 4.79 Å². The number of amides is 1. The van der Waals surface area contributed by atoms with Crippen LogP contribution in [0.4, 0.5) is 0 Å². The van der Waals surface area contributed by atoms with Gasteiger partial charge >= 0.3 is 0 Å². The molecule has 2 aromatic rings. The van der Waals surface area contributed by atoms with Gasteiger partial charge < -0.3 is 5.32 Å². The van der Waals surface area contributed by atoms with Crippen molar-refractivity contribution in [3.63, 3.8) is 0 Å². The molecule has 0 aliphatic heterocycles. The summed E-state index contributed by atoms with van der Waals surface area (Å²) in [4.78, 5) is 15.0. The van der Waals surface area contributed by atoms with Crippen molar-refractivity contribution in [1.82, 2.24) is 19.9 Å². The highest BCUT2D eigenvalue weighted by Gasteiger charge is 2.00. The molecule has 2 heterocycles. The van der Waals surface area contributed by atoms with E-state index in [-0.39, 0.29) is 5.91 Å². The third-order valence-electron chi connectivity index (χ3n) is 2.51. The van der Waals surface area contributed by atoms with Crippen LogP contribution in [0.15, 0.2) is 18.5 Å². The molecule has 0 aromatic carbocycles. The summed E-state index contributed by atoms with van der Waals surface area (Å²) in [6.07, 6.45) is 5.66. The first-order valence-corrected chi connectivity index (χ1v) is 5.70. The lowest BCUT2D eigenvalue weighted by molar-refractivity contribution is -0.118. The lowest BCUT2D eigenvalue weighted by Crippen LogP contribution is -2.21. The topological polar surface area (TPSA) is 59.3 Å². The number of hydrogen-bond acceptors (Lipinski definition) is 3. The molecule has 5 nitrogen and oxygen atoms in total. The molecule has 0 bridgehead atoms. The second-order valence-corrected chi connectivity index (χ2v) is 4.14. The molecule has 0 aliphatic carbocycles. The highest BCUT2D eigenvalue weighted by atomic mass is 16.1. The molecule has 1 amide bonds. The Kier molecular flexibility index (Phi) is 3.37. The SMILES string of the molecule is CC(=O)NCCCc1cnc2cc(C)nn2c1. The maximum Gasteiger partial charge on any atom is 0.216 e. The van der Waals surface area contributed by atoms with Crippen LogP contribution in [0.2, 0.25) is 0 Å². The molecule has 0 fully saturated rings. The van der Waals surface area contributed by atoms with Crippen LogP contribution in [0.1, 0.15) is 24.6 Å². The fourth-order valence-corrected chi connectivity index (χ4v) is 1.72. The van der Waals surface area contributed by atoms with E-state index in [1.807, 2.05) is 25.4 Å². The number of nitrogens with zero attached hydrogens (tertiary/aromatic N) is 3. The summed E-state index contributed by atoms with van der Waals surface area (Å²) < 4.78 is 1.79. The molecule has 17 heavy (non-hydrogen) atoms. The van der Waals surface area contributed by atoms with Gasteiger partial charge in [0.1, 0.15) is 0 Å². The second kappa shape index (κ2) is 4.95. The van der Waals surface area contributed by atoms with Crippen molar-refractivity contribution in [3.05, 3.63) is 29.7 Å². The van der Waals surface area contributed by atoms with Crippen molar-refractivity contribution in [2.24, 2.45) is 0 Å².